The number of nitrogens with zero attached hydrogens (tertiary/aromatic N) is 4. The number of nitrogen functional groups attached to an aromatic ring is 1. The first-order valence-electron chi connectivity index (χ1n) is 8.72. The highest BCUT2D eigenvalue weighted by Gasteiger charge is 2.33. The molecule has 146 valence electrons. The van der Waals surface area contributed by atoms with Gasteiger partial charge in [0.1, 0.15) is 12.0 Å². The second-order valence-electron chi connectivity index (χ2n) is 6.77. The van der Waals surface area contributed by atoms with Gasteiger partial charge < -0.3 is 20.9 Å². The van der Waals surface area contributed by atoms with Gasteiger partial charge in [0.05, 0.1) is 11.3 Å². The molecule has 1 aliphatic heterocycles. The van der Waals surface area contributed by atoms with E-state index in [4.69, 9.17) is 5.73 Å². The van der Waals surface area contributed by atoms with Crippen LogP contribution >= 0.6 is 0 Å². The summed E-state index contributed by atoms with van der Waals surface area (Å²) in [7, 11) is 3.98. The normalized spacial score (nSPS) is 16.3. The zero-order valence-electron chi connectivity index (χ0n) is 15.3. The molecule has 2 heterocycles. The monoisotopic (exact) mass is 380 g/mol. The molecule has 9 heteroatoms. The van der Waals surface area contributed by atoms with Crippen molar-refractivity contribution in [3.05, 3.63) is 36.2 Å². The molecule has 1 fully saturated rings. The van der Waals surface area contributed by atoms with Crippen molar-refractivity contribution < 1.29 is 13.2 Å². The van der Waals surface area contributed by atoms with Gasteiger partial charge in [0.15, 0.2) is 11.6 Å². The van der Waals surface area contributed by atoms with E-state index in [1.165, 1.54) is 24.5 Å². The van der Waals surface area contributed by atoms with Crippen LogP contribution in [-0.4, -0.2) is 48.1 Å². The highest BCUT2D eigenvalue weighted by Crippen LogP contribution is 2.37. The third-order valence-corrected chi connectivity index (χ3v) is 4.92. The van der Waals surface area contributed by atoms with E-state index in [2.05, 4.69) is 27.2 Å². The molecule has 1 saturated heterocycles. The molecule has 2 aromatic rings. The van der Waals surface area contributed by atoms with Crippen LogP contribution < -0.4 is 16.0 Å². The minimum Gasteiger partial charge on any atom is -0.393 e. The minimum absolute atomic E-state index is 0.0942. The average Bonchev–Trinajstić information content (AvgIpc) is 2.63. The quantitative estimate of drug-likeness (QED) is 0.848. The fourth-order valence-electron chi connectivity index (χ4n) is 3.29. The maximum atomic E-state index is 13.2. The molecule has 27 heavy (non-hydrogen) atoms. The Hall–Kier alpha value is -2.55. The van der Waals surface area contributed by atoms with Crippen molar-refractivity contribution in [2.75, 3.05) is 43.1 Å². The largest absolute Gasteiger partial charge is 0.418 e. The van der Waals surface area contributed by atoms with Gasteiger partial charge >= 0.3 is 6.18 Å². The van der Waals surface area contributed by atoms with Crippen LogP contribution in [0.15, 0.2) is 30.6 Å². The summed E-state index contributed by atoms with van der Waals surface area (Å²) < 4.78 is 39.7. The number of aromatic nitrogens is 2. The predicted octanol–water partition coefficient (Wildman–Crippen LogP) is 3.35. The summed E-state index contributed by atoms with van der Waals surface area (Å²) in [6.45, 7) is 1.95. The molecular formula is C18H23F3N6. The van der Waals surface area contributed by atoms with Crippen LogP contribution in [0.25, 0.3) is 0 Å². The highest BCUT2D eigenvalue weighted by molar-refractivity contribution is 5.79. The Labute approximate surface area is 156 Å². The van der Waals surface area contributed by atoms with Crippen LogP contribution in [0.3, 0.4) is 0 Å². The van der Waals surface area contributed by atoms with Crippen molar-refractivity contribution >= 4 is 23.0 Å². The third-order valence-electron chi connectivity index (χ3n) is 4.92. The van der Waals surface area contributed by atoms with Crippen molar-refractivity contribution in [3.63, 3.8) is 0 Å². The van der Waals surface area contributed by atoms with E-state index >= 15 is 0 Å². The minimum atomic E-state index is -4.47. The topological polar surface area (TPSA) is 70.3 Å². The predicted molar refractivity (Wildman–Crippen MR) is 100 cm³/mol. The van der Waals surface area contributed by atoms with E-state index in [1.54, 1.807) is 0 Å². The van der Waals surface area contributed by atoms with Crippen molar-refractivity contribution in [2.24, 2.45) is 0 Å². The fourth-order valence-corrected chi connectivity index (χ4v) is 3.29. The van der Waals surface area contributed by atoms with Gasteiger partial charge in [-0.3, -0.25) is 0 Å². The number of benzene rings is 1. The van der Waals surface area contributed by atoms with Crippen LogP contribution in [0.4, 0.5) is 36.2 Å². The van der Waals surface area contributed by atoms with E-state index in [9.17, 15) is 13.2 Å². The van der Waals surface area contributed by atoms with Crippen LogP contribution in [-0.2, 0) is 6.18 Å². The molecule has 1 aromatic carbocycles. The number of hydrogen-bond acceptors (Lipinski definition) is 6. The van der Waals surface area contributed by atoms with E-state index < -0.39 is 11.7 Å². The number of alkyl halides is 3. The summed E-state index contributed by atoms with van der Waals surface area (Å²) in [5.41, 5.74) is 5.57. The second kappa shape index (κ2) is 7.59. The summed E-state index contributed by atoms with van der Waals surface area (Å²) in [6, 6.07) is 5.52. The first-order valence-corrected chi connectivity index (χ1v) is 8.72. The molecule has 3 N–H and O–H groups in total. The molecule has 0 spiro atoms. The molecule has 6 nitrogen and oxygen atoms in total. The summed E-state index contributed by atoms with van der Waals surface area (Å²) in [5.74, 6) is 0.683. The summed E-state index contributed by atoms with van der Waals surface area (Å²) >= 11 is 0. The smallest absolute Gasteiger partial charge is 0.393 e. The Kier molecular flexibility index (Phi) is 5.41. The van der Waals surface area contributed by atoms with E-state index in [0.717, 1.165) is 32.0 Å². The number of anilines is 4. The number of likely N-dealkylation sites (tertiary alicyclic amines) is 1. The molecule has 1 aromatic heterocycles. The average molecular weight is 380 g/mol. The maximum Gasteiger partial charge on any atom is 0.418 e. The van der Waals surface area contributed by atoms with Gasteiger partial charge in [-0.2, -0.15) is 13.2 Å². The Morgan fingerprint density at radius 2 is 1.85 bits per heavy atom. The molecule has 0 unspecified atom stereocenters. The van der Waals surface area contributed by atoms with E-state index in [-0.39, 0.29) is 23.2 Å². The summed E-state index contributed by atoms with van der Waals surface area (Å²) in [6.07, 6.45) is -1.22. The Balaban J connectivity index is 1.86. The lowest BCUT2D eigenvalue weighted by Gasteiger charge is -2.36. The number of hydrogen-bond donors (Lipinski definition) is 2. The number of nitrogens with two attached hydrogens (primary N) is 1. The van der Waals surface area contributed by atoms with Gasteiger partial charge in [-0.25, -0.2) is 9.97 Å². The van der Waals surface area contributed by atoms with Gasteiger partial charge in [-0.15, -0.1) is 0 Å². The van der Waals surface area contributed by atoms with E-state index in [0.29, 0.717) is 5.82 Å². The zero-order chi connectivity index (χ0) is 19.6. The summed E-state index contributed by atoms with van der Waals surface area (Å²) in [4.78, 5) is 12.6. The van der Waals surface area contributed by atoms with Crippen LogP contribution in [0.2, 0.25) is 0 Å². The van der Waals surface area contributed by atoms with Gasteiger partial charge in [0, 0.05) is 13.1 Å². The van der Waals surface area contributed by atoms with E-state index in [1.807, 2.05) is 11.9 Å². The van der Waals surface area contributed by atoms with Crippen molar-refractivity contribution in [1.82, 2.24) is 14.9 Å². The first kappa shape index (κ1) is 19.2. The number of rotatable bonds is 4. The molecule has 0 bridgehead atoms. The first-order chi connectivity index (χ1) is 12.8. The Morgan fingerprint density at radius 3 is 2.52 bits per heavy atom. The van der Waals surface area contributed by atoms with Gasteiger partial charge in [-0.1, -0.05) is 12.1 Å². The zero-order valence-corrected chi connectivity index (χ0v) is 15.3. The van der Waals surface area contributed by atoms with Gasteiger partial charge in [0.2, 0.25) is 0 Å². The lowest BCUT2D eigenvalue weighted by molar-refractivity contribution is -0.136. The molecule has 0 saturated carbocycles. The standard InChI is InChI=1S/C18H23F3N6/c1-26-9-7-12(8-10-26)27(2)17-15(22)16(23-11-24-17)25-14-6-4-3-5-13(14)18(19,20)21/h3-6,11-12H,7-10,22H2,1-2H3,(H,23,24,25). The molecule has 0 amide bonds. The fraction of sp³-hybridized carbons (Fsp3) is 0.444. The molecule has 0 aliphatic carbocycles. The number of halogens is 3. The Bertz CT molecular complexity index is 787. The molecule has 1 aliphatic rings. The number of piperidine rings is 1. The van der Waals surface area contributed by atoms with Crippen molar-refractivity contribution in [3.8, 4) is 0 Å². The van der Waals surface area contributed by atoms with Crippen LogP contribution in [0.1, 0.15) is 18.4 Å². The summed E-state index contributed by atoms with van der Waals surface area (Å²) in [5, 5.41) is 2.72. The molecular weight excluding hydrogens is 357 g/mol. The van der Waals surface area contributed by atoms with Gasteiger partial charge in [0.25, 0.3) is 0 Å². The van der Waals surface area contributed by atoms with Crippen LogP contribution in [0.5, 0.6) is 0 Å². The van der Waals surface area contributed by atoms with Crippen molar-refractivity contribution in [2.45, 2.75) is 25.1 Å². The second-order valence-corrected chi connectivity index (χ2v) is 6.77. The molecule has 3 rings (SSSR count). The van der Waals surface area contributed by atoms with Gasteiger partial charge in [-0.05, 0) is 45.1 Å². The number of para-hydroxylation sites is 1. The van der Waals surface area contributed by atoms with Crippen LogP contribution in [0, 0.1) is 0 Å². The SMILES string of the molecule is CN1CCC(N(C)c2ncnc(Nc3ccccc3C(F)(F)F)c2N)CC1. The number of nitrogens with one attached hydrogen (secondary N) is 1. The lowest BCUT2D eigenvalue weighted by atomic mass is 10.0. The third kappa shape index (κ3) is 4.24. The highest BCUT2D eigenvalue weighted by atomic mass is 19.4. The maximum absolute atomic E-state index is 13.2. The lowest BCUT2D eigenvalue weighted by Crippen LogP contribution is -2.42. The van der Waals surface area contributed by atoms with Crippen molar-refractivity contribution in [1.29, 1.82) is 0 Å². The Morgan fingerprint density at radius 1 is 1.19 bits per heavy atom. The molecule has 0 radical (unpaired) electrons. The molecule has 0 atom stereocenters.